The number of carbonyl (C=O) groups is 1. The van der Waals surface area contributed by atoms with E-state index in [1.54, 1.807) is 0 Å². The van der Waals surface area contributed by atoms with E-state index < -0.39 is 0 Å². The highest BCUT2D eigenvalue weighted by molar-refractivity contribution is 5.88. The molecule has 0 aromatic carbocycles. The predicted molar refractivity (Wildman–Crippen MR) is 101 cm³/mol. The van der Waals surface area contributed by atoms with Gasteiger partial charge in [0.05, 0.1) is 12.1 Å². The summed E-state index contributed by atoms with van der Waals surface area (Å²) in [4.78, 5) is 21.5. The van der Waals surface area contributed by atoms with Gasteiger partial charge in [0.1, 0.15) is 12.4 Å². The Morgan fingerprint density at radius 3 is 2.77 bits per heavy atom. The molecule has 0 saturated carbocycles. The minimum Gasteiger partial charge on any atom is -0.356 e. The molecule has 2 aliphatic heterocycles. The average Bonchev–Trinajstić information content (AvgIpc) is 3.13. The molecule has 2 aliphatic rings. The van der Waals surface area contributed by atoms with E-state index in [-0.39, 0.29) is 17.5 Å². The minimum atomic E-state index is -0.240. The summed E-state index contributed by atoms with van der Waals surface area (Å²) in [5.41, 5.74) is -0.240. The Hall–Kier alpha value is -2.12. The van der Waals surface area contributed by atoms with Crippen molar-refractivity contribution in [2.45, 2.75) is 72.1 Å². The molecular formula is C18H31N7O. The number of hydrogen-bond acceptors (Lipinski definition) is 4. The van der Waals surface area contributed by atoms with Gasteiger partial charge in [0.2, 0.25) is 5.91 Å². The number of nitrogens with zero attached hydrogens (tertiary/aromatic N) is 6. The number of carbonyl (C=O) groups excluding carboxylic acids is 1. The van der Waals surface area contributed by atoms with Gasteiger partial charge in [-0.15, -0.1) is 10.2 Å². The van der Waals surface area contributed by atoms with E-state index in [2.05, 4.69) is 52.7 Å². The average molecular weight is 361 g/mol. The first-order chi connectivity index (χ1) is 12.3. The molecule has 0 radical (unpaired) electrons. The Morgan fingerprint density at radius 2 is 2.12 bits per heavy atom. The standard InChI is InChI=1S/C18H31N7O/c1-6-19-17(20-10-15-22-21-14-8-7-9-24(14)15)23-11-16(26)25(13(2)3)18(4,5)12-23/h13H,6-12H2,1-5H3,(H,19,20). The Morgan fingerprint density at radius 1 is 1.35 bits per heavy atom. The second-order valence-electron chi connectivity index (χ2n) is 7.98. The van der Waals surface area contributed by atoms with Crippen molar-refractivity contribution in [1.29, 1.82) is 0 Å². The zero-order chi connectivity index (χ0) is 18.9. The fraction of sp³-hybridized carbons (Fsp3) is 0.778. The highest BCUT2D eigenvalue weighted by Crippen LogP contribution is 2.24. The van der Waals surface area contributed by atoms with Crippen molar-refractivity contribution >= 4 is 11.9 Å². The van der Waals surface area contributed by atoms with Gasteiger partial charge in [0.15, 0.2) is 11.8 Å². The van der Waals surface area contributed by atoms with Crippen LogP contribution in [0, 0.1) is 0 Å². The number of aromatic nitrogens is 3. The first-order valence-corrected chi connectivity index (χ1v) is 9.60. The van der Waals surface area contributed by atoms with E-state index >= 15 is 0 Å². The number of aryl methyl sites for hydroxylation is 1. The number of amides is 1. The van der Waals surface area contributed by atoms with Crippen molar-refractivity contribution in [3.05, 3.63) is 11.6 Å². The molecule has 1 amide bonds. The number of hydrogen-bond donors (Lipinski definition) is 1. The molecule has 1 aromatic rings. The van der Waals surface area contributed by atoms with Crippen molar-refractivity contribution < 1.29 is 4.79 Å². The van der Waals surface area contributed by atoms with Crippen LogP contribution in [0.5, 0.6) is 0 Å². The lowest BCUT2D eigenvalue weighted by atomic mass is 9.96. The highest BCUT2D eigenvalue weighted by atomic mass is 16.2. The smallest absolute Gasteiger partial charge is 0.242 e. The van der Waals surface area contributed by atoms with E-state index in [0.717, 1.165) is 50.1 Å². The Labute approximate surface area is 155 Å². The SMILES string of the molecule is CCNC(=NCc1nnc2n1CCC2)N1CC(=O)N(C(C)C)C(C)(C)C1. The summed E-state index contributed by atoms with van der Waals surface area (Å²) in [6.07, 6.45) is 2.12. The molecule has 8 nitrogen and oxygen atoms in total. The third kappa shape index (κ3) is 3.54. The molecule has 0 spiro atoms. The van der Waals surface area contributed by atoms with Gasteiger partial charge in [0.25, 0.3) is 0 Å². The maximum absolute atomic E-state index is 12.7. The predicted octanol–water partition coefficient (Wildman–Crippen LogP) is 1.02. The van der Waals surface area contributed by atoms with Gasteiger partial charge in [-0.1, -0.05) is 0 Å². The number of aliphatic imine (C=N–C) groups is 1. The number of fused-ring (bicyclic) bond motifs is 1. The normalized spacial score (nSPS) is 20.1. The molecule has 1 fully saturated rings. The van der Waals surface area contributed by atoms with Crippen LogP contribution in [0.2, 0.25) is 0 Å². The summed E-state index contributed by atoms with van der Waals surface area (Å²) in [6.45, 7) is 13.7. The van der Waals surface area contributed by atoms with Gasteiger partial charge in [-0.05, 0) is 41.0 Å². The van der Waals surface area contributed by atoms with Gasteiger partial charge >= 0.3 is 0 Å². The van der Waals surface area contributed by atoms with Crippen molar-refractivity contribution in [1.82, 2.24) is 29.9 Å². The van der Waals surface area contributed by atoms with E-state index in [1.165, 1.54) is 0 Å². The molecule has 1 N–H and O–H groups in total. The van der Waals surface area contributed by atoms with E-state index in [9.17, 15) is 4.79 Å². The van der Waals surface area contributed by atoms with Crippen molar-refractivity contribution in [3.63, 3.8) is 0 Å². The fourth-order valence-corrected chi connectivity index (χ4v) is 4.21. The summed E-state index contributed by atoms with van der Waals surface area (Å²) in [7, 11) is 0. The number of piperazine rings is 1. The van der Waals surface area contributed by atoms with Crippen LogP contribution in [0.3, 0.4) is 0 Å². The third-order valence-corrected chi connectivity index (χ3v) is 5.03. The molecule has 8 heteroatoms. The summed E-state index contributed by atoms with van der Waals surface area (Å²) in [6, 6.07) is 0.192. The molecular weight excluding hydrogens is 330 g/mol. The van der Waals surface area contributed by atoms with Crippen LogP contribution >= 0.6 is 0 Å². The van der Waals surface area contributed by atoms with E-state index in [4.69, 9.17) is 4.99 Å². The van der Waals surface area contributed by atoms with Crippen LogP contribution in [0.25, 0.3) is 0 Å². The van der Waals surface area contributed by atoms with E-state index in [0.29, 0.717) is 13.1 Å². The molecule has 3 rings (SSSR count). The van der Waals surface area contributed by atoms with E-state index in [1.807, 2.05) is 11.8 Å². The summed E-state index contributed by atoms with van der Waals surface area (Å²) in [5.74, 6) is 2.87. The maximum Gasteiger partial charge on any atom is 0.242 e. The summed E-state index contributed by atoms with van der Waals surface area (Å²) < 4.78 is 2.17. The molecule has 144 valence electrons. The Balaban J connectivity index is 1.78. The molecule has 3 heterocycles. The topological polar surface area (TPSA) is 78.6 Å². The summed E-state index contributed by atoms with van der Waals surface area (Å²) >= 11 is 0. The molecule has 26 heavy (non-hydrogen) atoms. The maximum atomic E-state index is 12.7. The largest absolute Gasteiger partial charge is 0.356 e. The van der Waals surface area contributed by atoms with Gasteiger partial charge < -0.3 is 19.7 Å². The van der Waals surface area contributed by atoms with Crippen LogP contribution in [0.1, 0.15) is 52.7 Å². The van der Waals surface area contributed by atoms with Crippen LogP contribution < -0.4 is 5.32 Å². The lowest BCUT2D eigenvalue weighted by molar-refractivity contribution is -0.145. The molecule has 0 atom stereocenters. The van der Waals surface area contributed by atoms with Crippen LogP contribution in [-0.4, -0.2) is 67.6 Å². The lowest BCUT2D eigenvalue weighted by Gasteiger charge is -2.49. The molecule has 0 aliphatic carbocycles. The minimum absolute atomic E-state index is 0.144. The molecule has 0 bridgehead atoms. The van der Waals surface area contributed by atoms with Gasteiger partial charge in [-0.2, -0.15) is 0 Å². The summed E-state index contributed by atoms with van der Waals surface area (Å²) in [5, 5.41) is 11.9. The molecule has 0 unspecified atom stereocenters. The van der Waals surface area contributed by atoms with Crippen molar-refractivity contribution in [2.75, 3.05) is 19.6 Å². The van der Waals surface area contributed by atoms with Gasteiger partial charge in [-0.25, -0.2) is 4.99 Å². The third-order valence-electron chi connectivity index (χ3n) is 5.03. The number of nitrogens with one attached hydrogen (secondary N) is 1. The highest BCUT2D eigenvalue weighted by Gasteiger charge is 2.40. The fourth-order valence-electron chi connectivity index (χ4n) is 4.21. The zero-order valence-electron chi connectivity index (χ0n) is 16.6. The van der Waals surface area contributed by atoms with Crippen molar-refractivity contribution in [3.8, 4) is 0 Å². The Bertz CT molecular complexity index is 692. The van der Waals surface area contributed by atoms with Crippen LogP contribution in [0.15, 0.2) is 4.99 Å². The first kappa shape index (κ1) is 18.7. The first-order valence-electron chi connectivity index (χ1n) is 9.60. The van der Waals surface area contributed by atoms with Crippen LogP contribution in [-0.2, 0) is 24.3 Å². The quantitative estimate of drug-likeness (QED) is 0.640. The van der Waals surface area contributed by atoms with Gasteiger partial charge in [-0.3, -0.25) is 4.79 Å². The molecule has 1 saturated heterocycles. The molecule has 1 aromatic heterocycles. The Kier molecular flexibility index (Phi) is 5.20. The lowest BCUT2D eigenvalue weighted by Crippen LogP contribution is -2.66. The van der Waals surface area contributed by atoms with Crippen LogP contribution in [0.4, 0.5) is 0 Å². The second-order valence-corrected chi connectivity index (χ2v) is 7.98. The number of guanidine groups is 1. The van der Waals surface area contributed by atoms with Crippen molar-refractivity contribution in [2.24, 2.45) is 4.99 Å². The van der Waals surface area contributed by atoms with Gasteiger partial charge in [0, 0.05) is 32.1 Å². The zero-order valence-corrected chi connectivity index (χ0v) is 16.6. The number of rotatable bonds is 4. The second kappa shape index (κ2) is 7.25. The monoisotopic (exact) mass is 361 g/mol.